The van der Waals surface area contributed by atoms with E-state index in [-0.39, 0.29) is 5.41 Å². The van der Waals surface area contributed by atoms with Crippen molar-refractivity contribution in [2.45, 2.75) is 19.3 Å². The van der Waals surface area contributed by atoms with Crippen LogP contribution in [0.5, 0.6) is 0 Å². The van der Waals surface area contributed by atoms with Gasteiger partial charge in [-0.2, -0.15) is 0 Å². The first-order chi connectivity index (χ1) is 16.6. The van der Waals surface area contributed by atoms with Crippen molar-refractivity contribution in [1.82, 2.24) is 9.55 Å². The van der Waals surface area contributed by atoms with E-state index in [1.165, 1.54) is 49.7 Å². The van der Waals surface area contributed by atoms with Crippen LogP contribution in [0.3, 0.4) is 0 Å². The fourth-order valence-corrected chi connectivity index (χ4v) is 5.74. The molecule has 0 fully saturated rings. The molecule has 1 aliphatic rings. The number of hydrogen-bond acceptors (Lipinski definition) is 1. The number of rotatable bonds is 2. The summed E-state index contributed by atoms with van der Waals surface area (Å²) >= 11 is 0. The topological polar surface area (TPSA) is 17.8 Å². The number of aromatic nitrogens is 2. The first kappa shape index (κ1) is 19.3. The summed E-state index contributed by atoms with van der Waals surface area (Å²) in [6.45, 7) is 4.69. The quantitative estimate of drug-likeness (QED) is 0.268. The molecule has 0 aliphatic carbocycles. The molecular weight excluding hydrogens is 412 g/mol. The van der Waals surface area contributed by atoms with Crippen molar-refractivity contribution in [2.75, 3.05) is 0 Å². The van der Waals surface area contributed by atoms with Crippen LogP contribution in [0.25, 0.3) is 49.9 Å². The molecule has 0 radical (unpaired) electrons. The molecule has 6 aromatic rings. The average Bonchev–Trinajstić information content (AvgIpc) is 3.22. The first-order valence-electron chi connectivity index (χ1n) is 11.8. The summed E-state index contributed by atoms with van der Waals surface area (Å²) in [4.78, 5) is 4.54. The zero-order valence-electron chi connectivity index (χ0n) is 19.3. The summed E-state index contributed by atoms with van der Waals surface area (Å²) in [5.41, 5.74) is 11.2. The van der Waals surface area contributed by atoms with Crippen molar-refractivity contribution in [3.8, 4) is 28.1 Å². The molecule has 0 saturated heterocycles. The highest BCUT2D eigenvalue weighted by Gasteiger charge is 2.34. The minimum Gasteiger partial charge on any atom is -0.309 e. The summed E-state index contributed by atoms with van der Waals surface area (Å²) in [5, 5.41) is 2.61. The van der Waals surface area contributed by atoms with E-state index >= 15 is 0 Å². The third-order valence-corrected chi connectivity index (χ3v) is 7.44. The monoisotopic (exact) mass is 436 g/mol. The number of hydrogen-bond donors (Lipinski definition) is 0. The first-order valence-corrected chi connectivity index (χ1v) is 11.8. The Kier molecular flexibility index (Phi) is 3.93. The molecule has 3 heterocycles. The van der Waals surface area contributed by atoms with Gasteiger partial charge in [-0.1, -0.05) is 80.6 Å². The Morgan fingerprint density at radius 2 is 1.38 bits per heavy atom. The molecule has 0 saturated carbocycles. The number of nitrogens with zero attached hydrogens (tertiary/aromatic N) is 2. The van der Waals surface area contributed by atoms with Gasteiger partial charge in [0.15, 0.2) is 0 Å². The van der Waals surface area contributed by atoms with Crippen molar-refractivity contribution in [3.63, 3.8) is 0 Å². The Morgan fingerprint density at radius 3 is 2.26 bits per heavy atom. The Balaban J connectivity index is 1.49. The molecule has 2 heteroatoms. The van der Waals surface area contributed by atoms with Crippen LogP contribution < -0.4 is 0 Å². The molecule has 0 spiro atoms. The van der Waals surface area contributed by atoms with Crippen LogP contribution in [0.2, 0.25) is 0 Å². The standard InChI is InChI=1S/C32H24N2/c1-32(2)26-12-3-4-15-30(26)34-29-17-16-22(20-25(29)24-11-8-13-27(32)31(24)34)21-9-7-10-23(19-21)28-14-5-6-18-33-28/h3-20H,1-2H3. The van der Waals surface area contributed by atoms with Gasteiger partial charge in [0.2, 0.25) is 0 Å². The molecule has 2 nitrogen and oxygen atoms in total. The highest BCUT2D eigenvalue weighted by Crippen LogP contribution is 2.47. The molecule has 34 heavy (non-hydrogen) atoms. The van der Waals surface area contributed by atoms with Crippen molar-refractivity contribution < 1.29 is 0 Å². The second kappa shape index (κ2) is 6.91. The van der Waals surface area contributed by atoms with Gasteiger partial charge in [-0.05, 0) is 58.7 Å². The maximum Gasteiger partial charge on any atom is 0.0702 e. The van der Waals surface area contributed by atoms with E-state index in [9.17, 15) is 0 Å². The zero-order valence-corrected chi connectivity index (χ0v) is 19.3. The lowest BCUT2D eigenvalue weighted by Gasteiger charge is -2.34. The summed E-state index contributed by atoms with van der Waals surface area (Å²) in [5.74, 6) is 0. The Bertz CT molecular complexity index is 1720. The molecule has 4 aromatic carbocycles. The average molecular weight is 437 g/mol. The van der Waals surface area contributed by atoms with Crippen molar-refractivity contribution in [2.24, 2.45) is 0 Å². The van der Waals surface area contributed by atoms with Gasteiger partial charge in [0.05, 0.1) is 22.4 Å². The summed E-state index contributed by atoms with van der Waals surface area (Å²) in [6.07, 6.45) is 1.85. The maximum absolute atomic E-state index is 4.54. The second-order valence-corrected chi connectivity index (χ2v) is 9.71. The van der Waals surface area contributed by atoms with E-state index in [0.717, 1.165) is 11.3 Å². The van der Waals surface area contributed by atoms with Gasteiger partial charge in [-0.3, -0.25) is 4.98 Å². The van der Waals surface area contributed by atoms with Crippen molar-refractivity contribution >= 4 is 21.8 Å². The zero-order chi connectivity index (χ0) is 22.9. The van der Waals surface area contributed by atoms with Gasteiger partial charge in [-0.25, -0.2) is 0 Å². The van der Waals surface area contributed by atoms with Crippen LogP contribution in [0.1, 0.15) is 25.0 Å². The van der Waals surface area contributed by atoms with Gasteiger partial charge in [0, 0.05) is 27.9 Å². The number of pyridine rings is 1. The molecule has 0 unspecified atom stereocenters. The molecule has 7 rings (SSSR count). The van der Waals surface area contributed by atoms with E-state index in [1.807, 2.05) is 18.3 Å². The molecule has 0 amide bonds. The third kappa shape index (κ3) is 2.60. The number of fused-ring (bicyclic) bond motifs is 5. The van der Waals surface area contributed by atoms with Gasteiger partial charge >= 0.3 is 0 Å². The van der Waals surface area contributed by atoms with Gasteiger partial charge in [-0.15, -0.1) is 0 Å². The van der Waals surface area contributed by atoms with E-state index in [1.54, 1.807) is 0 Å². The molecule has 0 bridgehead atoms. The molecule has 0 N–H and O–H groups in total. The number of para-hydroxylation sites is 2. The molecule has 162 valence electrons. The van der Waals surface area contributed by atoms with Crippen LogP contribution in [0.4, 0.5) is 0 Å². The SMILES string of the molecule is CC1(C)c2ccccc2-n2c3ccc(-c4cccc(-c5ccccn5)c4)cc3c3cccc1c32. The van der Waals surface area contributed by atoms with Crippen LogP contribution in [-0.2, 0) is 5.41 Å². The highest BCUT2D eigenvalue weighted by atomic mass is 15.0. The normalized spacial score (nSPS) is 13.8. The van der Waals surface area contributed by atoms with Crippen LogP contribution in [0, 0.1) is 0 Å². The third-order valence-electron chi connectivity index (χ3n) is 7.44. The van der Waals surface area contributed by atoms with E-state index in [2.05, 4.69) is 114 Å². The van der Waals surface area contributed by atoms with Crippen molar-refractivity contribution in [3.05, 3.63) is 120 Å². The van der Waals surface area contributed by atoms with Gasteiger partial charge in [0.25, 0.3) is 0 Å². The second-order valence-electron chi connectivity index (χ2n) is 9.71. The molecule has 0 atom stereocenters. The lowest BCUT2D eigenvalue weighted by atomic mass is 9.75. The molecule has 2 aromatic heterocycles. The lowest BCUT2D eigenvalue weighted by Crippen LogP contribution is -2.26. The summed E-state index contributed by atoms with van der Waals surface area (Å²) in [7, 11) is 0. The Morgan fingerprint density at radius 1 is 0.618 bits per heavy atom. The van der Waals surface area contributed by atoms with Gasteiger partial charge < -0.3 is 4.57 Å². The van der Waals surface area contributed by atoms with E-state index in [0.29, 0.717) is 0 Å². The summed E-state index contributed by atoms with van der Waals surface area (Å²) < 4.78 is 2.47. The highest BCUT2D eigenvalue weighted by molar-refractivity contribution is 6.12. The van der Waals surface area contributed by atoms with Crippen LogP contribution in [0.15, 0.2) is 109 Å². The van der Waals surface area contributed by atoms with Crippen LogP contribution in [-0.4, -0.2) is 9.55 Å². The van der Waals surface area contributed by atoms with E-state index < -0.39 is 0 Å². The predicted molar refractivity (Wildman–Crippen MR) is 142 cm³/mol. The van der Waals surface area contributed by atoms with Crippen LogP contribution >= 0.6 is 0 Å². The molecule has 1 aliphatic heterocycles. The number of benzene rings is 4. The largest absolute Gasteiger partial charge is 0.309 e. The fraction of sp³-hybridized carbons (Fsp3) is 0.0938. The Hall–Kier alpha value is -4.17. The minimum absolute atomic E-state index is 0.0413. The minimum atomic E-state index is -0.0413. The fourth-order valence-electron chi connectivity index (χ4n) is 5.74. The van der Waals surface area contributed by atoms with Gasteiger partial charge in [0.1, 0.15) is 0 Å². The van der Waals surface area contributed by atoms with E-state index in [4.69, 9.17) is 0 Å². The molecular formula is C32H24N2. The lowest BCUT2D eigenvalue weighted by molar-refractivity contribution is 0.630. The smallest absolute Gasteiger partial charge is 0.0702 e. The van der Waals surface area contributed by atoms with Crippen molar-refractivity contribution in [1.29, 1.82) is 0 Å². The maximum atomic E-state index is 4.54. The summed E-state index contributed by atoms with van der Waals surface area (Å²) in [6, 6.07) is 37.3. The predicted octanol–water partition coefficient (Wildman–Crippen LogP) is 8.15. The Labute approximate surface area is 199 Å².